The van der Waals surface area contributed by atoms with Crippen molar-refractivity contribution in [1.29, 1.82) is 0 Å². The fourth-order valence-corrected chi connectivity index (χ4v) is 3.82. The van der Waals surface area contributed by atoms with Crippen LogP contribution in [0.3, 0.4) is 0 Å². The van der Waals surface area contributed by atoms with Crippen molar-refractivity contribution >= 4 is 28.6 Å². The molecule has 4 rings (SSSR count). The highest BCUT2D eigenvalue weighted by Gasteiger charge is 2.43. The zero-order valence-electron chi connectivity index (χ0n) is 13.2. The van der Waals surface area contributed by atoms with Crippen LogP contribution in [0.25, 0.3) is 11.0 Å². The number of rotatable bonds is 1. The normalized spacial score (nSPS) is 20.7. The highest BCUT2D eigenvalue weighted by atomic mass is 16.3. The molecule has 0 unspecified atom stereocenters. The van der Waals surface area contributed by atoms with Crippen LogP contribution in [-0.2, 0) is 0 Å². The number of anilines is 1. The van der Waals surface area contributed by atoms with Gasteiger partial charge in [0.2, 0.25) is 11.9 Å². The molecule has 1 aromatic heterocycles. The van der Waals surface area contributed by atoms with Crippen molar-refractivity contribution in [3.8, 4) is 0 Å². The summed E-state index contributed by atoms with van der Waals surface area (Å²) in [6, 6.07) is 8.10. The van der Waals surface area contributed by atoms with Crippen LogP contribution >= 0.6 is 0 Å². The van der Waals surface area contributed by atoms with E-state index in [1.165, 1.54) is 6.42 Å². The van der Waals surface area contributed by atoms with Gasteiger partial charge in [-0.15, -0.1) is 0 Å². The number of nitrogens with zero attached hydrogens (tertiary/aromatic N) is 3. The van der Waals surface area contributed by atoms with E-state index in [0.717, 1.165) is 48.1 Å². The van der Waals surface area contributed by atoms with Gasteiger partial charge in [0, 0.05) is 5.39 Å². The van der Waals surface area contributed by atoms with E-state index in [1.807, 2.05) is 36.1 Å². The number of furan rings is 1. The van der Waals surface area contributed by atoms with E-state index in [1.54, 1.807) is 0 Å². The van der Waals surface area contributed by atoms with Crippen LogP contribution < -0.4 is 16.4 Å². The first-order chi connectivity index (χ1) is 11.1. The van der Waals surface area contributed by atoms with E-state index >= 15 is 0 Å². The lowest BCUT2D eigenvalue weighted by molar-refractivity contribution is 0.305. The minimum Gasteiger partial charge on any atom is -0.459 e. The third-order valence-corrected chi connectivity index (χ3v) is 4.74. The Balaban J connectivity index is 1.91. The average Bonchev–Trinajstić information content (AvgIpc) is 2.88. The Labute approximate surface area is 134 Å². The molecule has 2 aromatic rings. The number of fused-ring (bicyclic) bond motifs is 1. The highest BCUT2D eigenvalue weighted by molar-refractivity contribution is 6.09. The lowest BCUT2D eigenvalue weighted by Gasteiger charge is -2.45. The molecule has 1 saturated carbocycles. The smallest absolute Gasteiger partial charge is 0.220 e. The van der Waals surface area contributed by atoms with Crippen molar-refractivity contribution in [3.63, 3.8) is 0 Å². The fraction of sp³-hybridized carbons (Fsp3) is 0.412. The third kappa shape index (κ3) is 2.17. The van der Waals surface area contributed by atoms with E-state index in [2.05, 4.69) is 4.99 Å². The average molecular weight is 311 g/mol. The lowest BCUT2D eigenvalue weighted by atomic mass is 9.87. The van der Waals surface area contributed by atoms with Crippen LogP contribution in [0.5, 0.6) is 0 Å². The highest BCUT2D eigenvalue weighted by Crippen LogP contribution is 2.42. The van der Waals surface area contributed by atoms with E-state index in [-0.39, 0.29) is 5.96 Å². The Morgan fingerprint density at radius 2 is 1.96 bits per heavy atom. The van der Waals surface area contributed by atoms with Crippen molar-refractivity contribution in [2.45, 2.75) is 44.7 Å². The Morgan fingerprint density at radius 1 is 1.17 bits per heavy atom. The van der Waals surface area contributed by atoms with Crippen LogP contribution in [0.2, 0.25) is 0 Å². The molecule has 1 fully saturated rings. The summed E-state index contributed by atoms with van der Waals surface area (Å²) in [5.74, 6) is 1.53. The number of hydrogen-bond acceptors (Lipinski definition) is 6. The number of benzene rings is 1. The largest absolute Gasteiger partial charge is 0.459 e. The van der Waals surface area contributed by atoms with Crippen molar-refractivity contribution < 1.29 is 4.42 Å². The van der Waals surface area contributed by atoms with Gasteiger partial charge < -0.3 is 15.9 Å². The second-order valence-electron chi connectivity index (χ2n) is 6.37. The molecule has 120 valence electrons. The summed E-state index contributed by atoms with van der Waals surface area (Å²) in [4.78, 5) is 10.9. The number of aliphatic imine (C=N–C) groups is 2. The van der Waals surface area contributed by atoms with Gasteiger partial charge in [0.05, 0.1) is 5.69 Å². The van der Waals surface area contributed by atoms with Crippen LogP contribution in [0, 0.1) is 6.92 Å². The van der Waals surface area contributed by atoms with Crippen LogP contribution in [0.15, 0.2) is 38.7 Å². The summed E-state index contributed by atoms with van der Waals surface area (Å²) in [5.41, 5.74) is 13.5. The molecule has 1 aliphatic heterocycles. The first kappa shape index (κ1) is 14.1. The minimum atomic E-state index is -0.441. The van der Waals surface area contributed by atoms with Gasteiger partial charge in [0.15, 0.2) is 5.58 Å². The van der Waals surface area contributed by atoms with Gasteiger partial charge in [-0.05, 0) is 44.7 Å². The van der Waals surface area contributed by atoms with Crippen LogP contribution in [0.1, 0.15) is 37.9 Å². The second kappa shape index (κ2) is 5.01. The SMILES string of the molecule is Cc1cc2cccc(N3C(N)=NC(N)=NC34CCCCC4)c2o1. The molecular formula is C17H21N5O. The number of nitrogens with two attached hydrogens (primary N) is 2. The molecule has 2 heterocycles. The van der Waals surface area contributed by atoms with Crippen LogP contribution in [-0.4, -0.2) is 17.6 Å². The van der Waals surface area contributed by atoms with E-state index in [9.17, 15) is 0 Å². The Kier molecular flexibility index (Phi) is 3.07. The first-order valence-electron chi connectivity index (χ1n) is 8.08. The predicted octanol–water partition coefficient (Wildman–Crippen LogP) is 2.85. The maximum absolute atomic E-state index is 6.28. The summed E-state index contributed by atoms with van der Waals surface area (Å²) < 4.78 is 5.93. The molecule has 4 N–H and O–H groups in total. The molecule has 2 aliphatic rings. The van der Waals surface area contributed by atoms with E-state index in [0.29, 0.717) is 5.96 Å². The molecule has 1 spiro atoms. The summed E-state index contributed by atoms with van der Waals surface area (Å²) in [7, 11) is 0. The molecule has 1 aromatic carbocycles. The number of guanidine groups is 2. The summed E-state index contributed by atoms with van der Waals surface area (Å²) in [6.07, 6.45) is 5.26. The van der Waals surface area contributed by atoms with Gasteiger partial charge >= 0.3 is 0 Å². The summed E-state index contributed by atoms with van der Waals surface area (Å²) in [5, 5.41) is 1.06. The van der Waals surface area contributed by atoms with Gasteiger partial charge in [0.25, 0.3) is 0 Å². The molecule has 6 heteroatoms. The van der Waals surface area contributed by atoms with Gasteiger partial charge in [-0.1, -0.05) is 18.6 Å². The number of aryl methyl sites for hydroxylation is 1. The van der Waals surface area contributed by atoms with Crippen molar-refractivity contribution in [3.05, 3.63) is 30.0 Å². The molecule has 1 aliphatic carbocycles. The third-order valence-electron chi connectivity index (χ3n) is 4.74. The summed E-state index contributed by atoms with van der Waals surface area (Å²) in [6.45, 7) is 1.95. The molecule has 0 radical (unpaired) electrons. The fourth-order valence-electron chi connectivity index (χ4n) is 3.82. The lowest BCUT2D eigenvalue weighted by Crippen LogP contribution is -2.58. The zero-order chi connectivity index (χ0) is 16.0. The quantitative estimate of drug-likeness (QED) is 0.847. The number of hydrogen-bond donors (Lipinski definition) is 2. The predicted molar refractivity (Wildman–Crippen MR) is 92.5 cm³/mol. The maximum atomic E-state index is 6.28. The molecule has 0 atom stereocenters. The maximum Gasteiger partial charge on any atom is 0.220 e. The second-order valence-corrected chi connectivity index (χ2v) is 6.37. The molecule has 0 saturated heterocycles. The molecule has 23 heavy (non-hydrogen) atoms. The number of para-hydroxylation sites is 1. The summed E-state index contributed by atoms with van der Waals surface area (Å²) >= 11 is 0. The molecule has 6 nitrogen and oxygen atoms in total. The van der Waals surface area contributed by atoms with Crippen molar-refractivity contribution in [1.82, 2.24) is 0 Å². The monoisotopic (exact) mass is 311 g/mol. The standard InChI is InChI=1S/C17H21N5O/c1-11-10-12-6-5-7-13(14(12)23-11)22-16(19)20-15(18)21-17(22)8-3-2-4-9-17/h5-7,10H,2-4,8-9H2,1H3,(H4,18,19,20,21). The van der Waals surface area contributed by atoms with Gasteiger partial charge in [-0.2, -0.15) is 4.99 Å². The van der Waals surface area contributed by atoms with Gasteiger partial charge in [0.1, 0.15) is 11.4 Å². The Morgan fingerprint density at radius 3 is 2.74 bits per heavy atom. The molecule has 0 bridgehead atoms. The van der Waals surface area contributed by atoms with E-state index < -0.39 is 5.66 Å². The minimum absolute atomic E-state index is 0.267. The van der Waals surface area contributed by atoms with Crippen LogP contribution in [0.4, 0.5) is 5.69 Å². The molecule has 0 amide bonds. The Hall–Kier alpha value is -2.50. The van der Waals surface area contributed by atoms with Crippen molar-refractivity contribution in [2.24, 2.45) is 21.5 Å². The first-order valence-corrected chi connectivity index (χ1v) is 8.08. The van der Waals surface area contributed by atoms with Crippen molar-refractivity contribution in [2.75, 3.05) is 4.90 Å². The van der Waals surface area contributed by atoms with Gasteiger partial charge in [-0.3, -0.25) is 4.90 Å². The molecular weight excluding hydrogens is 290 g/mol. The van der Waals surface area contributed by atoms with Gasteiger partial charge in [-0.25, -0.2) is 4.99 Å². The topological polar surface area (TPSA) is 93.1 Å². The van der Waals surface area contributed by atoms with E-state index in [4.69, 9.17) is 20.9 Å². The zero-order valence-corrected chi connectivity index (χ0v) is 13.2. The Bertz CT molecular complexity index is 813.